The number of aromatic nitrogens is 3. The van der Waals surface area contributed by atoms with Crippen molar-refractivity contribution in [3.63, 3.8) is 0 Å². The van der Waals surface area contributed by atoms with Gasteiger partial charge in [0.1, 0.15) is 5.69 Å². The number of carbonyl (C=O) groups excluding carboxylic acids is 2. The van der Waals surface area contributed by atoms with E-state index in [1.54, 1.807) is 6.92 Å². The Hall–Kier alpha value is -3.52. The fourth-order valence-corrected chi connectivity index (χ4v) is 3.12. The van der Waals surface area contributed by atoms with Gasteiger partial charge in [-0.3, -0.25) is 9.89 Å². The summed E-state index contributed by atoms with van der Waals surface area (Å²) in [5.74, 6) is -1.12. The van der Waals surface area contributed by atoms with E-state index in [9.17, 15) is 14.7 Å². The quantitative estimate of drug-likeness (QED) is 0.467. The molecule has 1 heterocycles. The molecule has 0 saturated heterocycles. The zero-order valence-corrected chi connectivity index (χ0v) is 16.6. The predicted molar refractivity (Wildman–Crippen MR) is 110 cm³/mol. The molecular weight excluding hydrogens is 384 g/mol. The number of benzene rings is 2. The van der Waals surface area contributed by atoms with Crippen LogP contribution < -0.4 is 5.32 Å². The number of hydrogen-bond acceptors (Lipinski definition) is 6. The van der Waals surface area contributed by atoms with Crippen molar-refractivity contribution in [2.45, 2.75) is 31.9 Å². The van der Waals surface area contributed by atoms with Crippen molar-refractivity contribution in [3.05, 3.63) is 72.1 Å². The van der Waals surface area contributed by atoms with Gasteiger partial charge >= 0.3 is 5.97 Å². The summed E-state index contributed by atoms with van der Waals surface area (Å²) in [6.45, 7) is 1.84. The third kappa shape index (κ3) is 5.74. The van der Waals surface area contributed by atoms with Crippen LogP contribution in [0.25, 0.3) is 11.1 Å². The van der Waals surface area contributed by atoms with Gasteiger partial charge in [-0.15, -0.1) is 5.10 Å². The van der Waals surface area contributed by atoms with Crippen molar-refractivity contribution in [1.82, 2.24) is 20.7 Å². The fraction of sp³-hybridized carbons (Fsp3) is 0.273. The Balaban J connectivity index is 1.72. The highest BCUT2D eigenvalue weighted by molar-refractivity contribution is 5.92. The second-order valence-corrected chi connectivity index (χ2v) is 6.81. The first kappa shape index (κ1) is 21.2. The monoisotopic (exact) mass is 408 g/mol. The molecule has 30 heavy (non-hydrogen) atoms. The number of carbonyl (C=O) groups is 2. The largest absolute Gasteiger partial charge is 0.464 e. The molecule has 2 aromatic carbocycles. The lowest BCUT2D eigenvalue weighted by Crippen LogP contribution is -2.41. The molecule has 0 fully saturated rings. The zero-order chi connectivity index (χ0) is 21.3. The number of nitrogens with one attached hydrogen (secondary N) is 2. The van der Waals surface area contributed by atoms with Crippen LogP contribution >= 0.6 is 0 Å². The molecule has 3 rings (SSSR count). The Kier molecular flexibility index (Phi) is 7.29. The number of nitrogens with zero attached hydrogens (tertiary/aromatic N) is 2. The van der Waals surface area contributed by atoms with E-state index in [0.29, 0.717) is 6.42 Å². The van der Waals surface area contributed by atoms with Crippen LogP contribution in [0.15, 0.2) is 60.8 Å². The average Bonchev–Trinajstić information content (AvgIpc) is 3.30. The molecule has 0 aliphatic carbocycles. The summed E-state index contributed by atoms with van der Waals surface area (Å²) < 4.78 is 4.87. The molecule has 0 bridgehead atoms. The lowest BCUT2D eigenvalue weighted by atomic mass is 9.97. The highest BCUT2D eigenvalue weighted by atomic mass is 16.5. The minimum atomic E-state index is -1.33. The van der Waals surface area contributed by atoms with E-state index in [4.69, 9.17) is 4.74 Å². The number of rotatable bonds is 9. The molecule has 1 amide bonds. The van der Waals surface area contributed by atoms with Crippen molar-refractivity contribution < 1.29 is 19.4 Å². The molecule has 1 aromatic heterocycles. The van der Waals surface area contributed by atoms with Gasteiger partial charge in [-0.05, 0) is 30.0 Å². The first-order valence-corrected chi connectivity index (χ1v) is 9.72. The molecule has 8 nitrogen and oxygen atoms in total. The number of ether oxygens (including phenoxy) is 1. The molecule has 0 aliphatic heterocycles. The van der Waals surface area contributed by atoms with Crippen molar-refractivity contribution >= 4 is 11.9 Å². The number of amides is 1. The Labute approximate surface area is 174 Å². The van der Waals surface area contributed by atoms with E-state index in [2.05, 4.69) is 20.7 Å². The highest BCUT2D eigenvalue weighted by Gasteiger charge is 2.24. The minimum Gasteiger partial charge on any atom is -0.464 e. The molecule has 2 atom stereocenters. The summed E-state index contributed by atoms with van der Waals surface area (Å²) in [6, 6.07) is 17.4. The lowest BCUT2D eigenvalue weighted by molar-refractivity contribution is -0.153. The number of H-pyrrole nitrogens is 1. The number of esters is 1. The molecule has 0 saturated carbocycles. The molecule has 0 aliphatic rings. The van der Waals surface area contributed by atoms with Crippen LogP contribution in [0.1, 0.15) is 29.4 Å². The van der Waals surface area contributed by atoms with Crippen LogP contribution in [0.5, 0.6) is 0 Å². The van der Waals surface area contributed by atoms with Crippen LogP contribution in [0.4, 0.5) is 0 Å². The SMILES string of the molecule is CCOC(=O)[C@H](O)CC(Cc1ccc(-c2ccccc2)cc1)NC(=O)c1cnn[nH]1. The van der Waals surface area contributed by atoms with E-state index in [1.165, 1.54) is 6.20 Å². The van der Waals surface area contributed by atoms with Crippen LogP contribution in [0.2, 0.25) is 0 Å². The van der Waals surface area contributed by atoms with Gasteiger partial charge in [0.05, 0.1) is 12.8 Å². The Bertz CT molecular complexity index is 943. The molecule has 1 unspecified atom stereocenters. The van der Waals surface area contributed by atoms with Gasteiger partial charge in [-0.25, -0.2) is 4.79 Å². The standard InChI is InChI=1S/C22H24N4O4/c1-2-30-22(29)20(27)13-18(24-21(28)19-14-23-26-25-19)12-15-8-10-17(11-9-15)16-6-4-3-5-7-16/h3-11,14,18,20,27H,2,12-13H2,1H3,(H,24,28)(H,23,25,26)/t18?,20-/m1/s1. The fourth-order valence-electron chi connectivity index (χ4n) is 3.12. The lowest BCUT2D eigenvalue weighted by Gasteiger charge is -2.21. The third-order valence-electron chi connectivity index (χ3n) is 4.60. The molecular formula is C22H24N4O4. The van der Waals surface area contributed by atoms with Crippen molar-refractivity contribution in [3.8, 4) is 11.1 Å². The van der Waals surface area contributed by atoms with E-state index in [0.717, 1.165) is 16.7 Å². The molecule has 3 N–H and O–H groups in total. The van der Waals surface area contributed by atoms with Crippen LogP contribution in [0.3, 0.4) is 0 Å². The normalized spacial score (nSPS) is 12.7. The first-order valence-electron chi connectivity index (χ1n) is 9.72. The maximum absolute atomic E-state index is 12.4. The summed E-state index contributed by atoms with van der Waals surface area (Å²) in [6.07, 6.45) is 0.424. The smallest absolute Gasteiger partial charge is 0.335 e. The molecule has 3 aromatic rings. The Morgan fingerprint density at radius 2 is 1.80 bits per heavy atom. The van der Waals surface area contributed by atoms with Gasteiger partial charge in [0.2, 0.25) is 0 Å². The second-order valence-electron chi connectivity index (χ2n) is 6.81. The van der Waals surface area contributed by atoms with Crippen LogP contribution in [-0.4, -0.2) is 51.1 Å². The van der Waals surface area contributed by atoms with Gasteiger partial charge in [0.25, 0.3) is 5.91 Å². The van der Waals surface area contributed by atoms with E-state index in [1.807, 2.05) is 54.6 Å². The molecule has 8 heteroatoms. The zero-order valence-electron chi connectivity index (χ0n) is 16.6. The molecule has 0 spiro atoms. The maximum Gasteiger partial charge on any atom is 0.335 e. The van der Waals surface area contributed by atoms with Crippen LogP contribution in [0, 0.1) is 0 Å². The third-order valence-corrected chi connectivity index (χ3v) is 4.60. The highest BCUT2D eigenvalue weighted by Crippen LogP contribution is 2.20. The number of hydrogen-bond donors (Lipinski definition) is 3. The minimum absolute atomic E-state index is 0.0204. The number of aromatic amines is 1. The summed E-state index contributed by atoms with van der Waals surface area (Å²) in [5.41, 5.74) is 3.34. The molecule has 0 radical (unpaired) electrons. The van der Waals surface area contributed by atoms with Gasteiger partial charge in [0, 0.05) is 12.5 Å². The Morgan fingerprint density at radius 1 is 1.10 bits per heavy atom. The van der Waals surface area contributed by atoms with Gasteiger partial charge in [-0.1, -0.05) is 59.8 Å². The van der Waals surface area contributed by atoms with Crippen molar-refractivity contribution in [1.29, 1.82) is 0 Å². The topological polar surface area (TPSA) is 117 Å². The predicted octanol–water partition coefficient (Wildman–Crippen LogP) is 2.13. The summed E-state index contributed by atoms with van der Waals surface area (Å²) >= 11 is 0. The summed E-state index contributed by atoms with van der Waals surface area (Å²) in [7, 11) is 0. The maximum atomic E-state index is 12.4. The van der Waals surface area contributed by atoms with Gasteiger partial charge < -0.3 is 15.2 Å². The first-order chi connectivity index (χ1) is 14.6. The number of aliphatic hydroxyl groups excluding tert-OH is 1. The van der Waals surface area contributed by atoms with Gasteiger partial charge in [0.15, 0.2) is 6.10 Å². The Morgan fingerprint density at radius 3 is 2.43 bits per heavy atom. The van der Waals surface area contributed by atoms with Crippen molar-refractivity contribution in [2.24, 2.45) is 0 Å². The number of aliphatic hydroxyl groups is 1. The van der Waals surface area contributed by atoms with E-state index < -0.39 is 24.0 Å². The summed E-state index contributed by atoms with van der Waals surface area (Å²) in [5, 5.41) is 22.6. The second kappa shape index (κ2) is 10.3. The average molecular weight is 408 g/mol. The van der Waals surface area contributed by atoms with Gasteiger partial charge in [-0.2, -0.15) is 0 Å². The van der Waals surface area contributed by atoms with E-state index in [-0.39, 0.29) is 18.7 Å². The van der Waals surface area contributed by atoms with E-state index >= 15 is 0 Å². The molecule has 156 valence electrons. The van der Waals surface area contributed by atoms with Crippen molar-refractivity contribution in [2.75, 3.05) is 6.61 Å². The summed E-state index contributed by atoms with van der Waals surface area (Å²) in [4.78, 5) is 24.2. The van der Waals surface area contributed by atoms with Crippen LogP contribution in [-0.2, 0) is 16.0 Å².